The number of fused-ring (bicyclic) bond motifs is 2. The van der Waals surface area contributed by atoms with E-state index in [0.717, 1.165) is 13.1 Å². The normalized spacial score (nSPS) is 26.7. The molecule has 0 bridgehead atoms. The molecule has 4 heterocycles. The van der Waals surface area contributed by atoms with Crippen LogP contribution < -0.4 is 10.1 Å². The maximum absolute atomic E-state index is 14.5. The molecule has 2 aromatic rings. The second kappa shape index (κ2) is 11.0. The summed E-state index contributed by atoms with van der Waals surface area (Å²) in [6, 6.07) is 4.98. The third-order valence-electron chi connectivity index (χ3n) is 7.21. The zero-order valence-electron chi connectivity index (χ0n) is 21.9. The van der Waals surface area contributed by atoms with E-state index in [2.05, 4.69) is 10.2 Å². The summed E-state index contributed by atoms with van der Waals surface area (Å²) in [4.78, 5) is 42.2. The van der Waals surface area contributed by atoms with Crippen molar-refractivity contribution in [2.75, 3.05) is 46.5 Å². The molecule has 1 aromatic carbocycles. The number of carbonyl (C=O) groups excluding carboxylic acids is 3. The minimum absolute atomic E-state index is 0.0183. The number of hydrogen-bond acceptors (Lipinski definition) is 8. The maximum Gasteiger partial charge on any atom is 0.287 e. The van der Waals surface area contributed by atoms with Crippen LogP contribution in [0.15, 0.2) is 28.7 Å². The fourth-order valence-corrected chi connectivity index (χ4v) is 5.33. The molecule has 0 aliphatic carbocycles. The van der Waals surface area contributed by atoms with Crippen LogP contribution in [0, 0.1) is 5.92 Å². The van der Waals surface area contributed by atoms with Crippen LogP contribution in [-0.2, 0) is 19.1 Å². The van der Waals surface area contributed by atoms with Gasteiger partial charge in [0.15, 0.2) is 11.5 Å². The Bertz CT molecular complexity index is 1200. The summed E-state index contributed by atoms with van der Waals surface area (Å²) in [7, 11) is 2.04. The summed E-state index contributed by atoms with van der Waals surface area (Å²) in [5.41, 5.74) is 0.499. The van der Waals surface area contributed by atoms with E-state index in [1.807, 2.05) is 20.9 Å². The van der Waals surface area contributed by atoms with Gasteiger partial charge in [-0.25, -0.2) is 4.39 Å². The number of ketones is 1. The summed E-state index contributed by atoms with van der Waals surface area (Å²) < 4.78 is 37.1. The quantitative estimate of drug-likeness (QED) is 0.549. The molecule has 3 aliphatic heterocycles. The third-order valence-corrected chi connectivity index (χ3v) is 7.21. The number of nitrogens with one attached hydrogen (secondary N) is 1. The monoisotopic (exact) mass is 531 g/mol. The number of benzene rings is 1. The number of Topliss-reactive ketones (excluding diaryl/α,β-unsaturated/α-hetero) is 1. The molecule has 2 amide bonds. The average Bonchev–Trinajstić information content (AvgIpc) is 3.57. The fraction of sp³-hybridized carbons (Fsp3) is 0.593. The molecule has 5 rings (SSSR count). The number of amides is 2. The van der Waals surface area contributed by atoms with Gasteiger partial charge < -0.3 is 33.7 Å². The minimum Gasteiger partial charge on any atom is -0.491 e. The van der Waals surface area contributed by atoms with Crippen molar-refractivity contribution < 1.29 is 37.4 Å². The van der Waals surface area contributed by atoms with Crippen molar-refractivity contribution >= 4 is 28.6 Å². The number of carbonyl (C=O) groups is 3. The van der Waals surface area contributed by atoms with Gasteiger partial charge in [0.2, 0.25) is 5.91 Å². The molecule has 3 fully saturated rings. The molecule has 0 unspecified atom stereocenters. The van der Waals surface area contributed by atoms with E-state index in [9.17, 15) is 18.8 Å². The highest BCUT2D eigenvalue weighted by atomic mass is 19.1. The van der Waals surface area contributed by atoms with E-state index in [1.165, 1.54) is 4.90 Å². The highest BCUT2D eigenvalue weighted by Gasteiger charge is 2.53. The van der Waals surface area contributed by atoms with Gasteiger partial charge in [-0.05, 0) is 43.7 Å². The molecule has 3 saturated heterocycles. The van der Waals surface area contributed by atoms with Crippen LogP contribution in [0.5, 0.6) is 5.75 Å². The lowest BCUT2D eigenvalue weighted by Crippen LogP contribution is -2.52. The highest BCUT2D eigenvalue weighted by molar-refractivity contribution is 6.00. The van der Waals surface area contributed by atoms with Gasteiger partial charge in [-0.3, -0.25) is 14.4 Å². The molecule has 0 saturated carbocycles. The number of rotatable bonds is 8. The number of furan rings is 1. The first-order valence-electron chi connectivity index (χ1n) is 13.1. The molecular formula is C27H34FN3O7. The van der Waals surface area contributed by atoms with Gasteiger partial charge in [-0.2, -0.15) is 0 Å². The molecule has 3 aliphatic rings. The first-order valence-corrected chi connectivity index (χ1v) is 13.1. The van der Waals surface area contributed by atoms with Crippen LogP contribution in [0.1, 0.15) is 30.8 Å². The van der Waals surface area contributed by atoms with Crippen LogP contribution in [0.3, 0.4) is 0 Å². The number of likely N-dealkylation sites (N-methyl/N-ethyl adjacent to an activating group) is 1. The van der Waals surface area contributed by atoms with Gasteiger partial charge in [0.1, 0.15) is 55.0 Å². The Labute approximate surface area is 220 Å². The Hall–Kier alpha value is -3.02. The minimum atomic E-state index is -1.44. The predicted molar refractivity (Wildman–Crippen MR) is 135 cm³/mol. The van der Waals surface area contributed by atoms with Crippen molar-refractivity contribution in [3.63, 3.8) is 0 Å². The van der Waals surface area contributed by atoms with E-state index in [0.29, 0.717) is 36.4 Å². The molecule has 0 spiro atoms. The molecular weight excluding hydrogens is 497 g/mol. The first kappa shape index (κ1) is 26.6. The van der Waals surface area contributed by atoms with Gasteiger partial charge in [0, 0.05) is 18.5 Å². The standard InChI is InChI=1S/C27H34FN3O7/c1-15(2)8-20(27(34)31-12-19(28)25-24(31)21(32)14-37-25)29-26(33)23-10-16-9-17(4-5-22(16)38-23)36-13-18-11-30(3)6-7-35-18/h4-5,9-10,15,18-20,24-25H,6-8,11-14H2,1-3H3,(H,29,33)/t18-,19+,20+,24-,25-/m1/s1. The Kier molecular flexibility index (Phi) is 7.69. The SMILES string of the molecule is CC(C)C[C@H](NC(=O)c1cc2cc(OC[C@H]3CN(C)CCO3)ccc2o1)C(=O)N1C[C@H](F)[C@H]2OCC(=O)[C@H]21. The molecule has 1 aromatic heterocycles. The number of nitrogens with zero attached hydrogens (tertiary/aromatic N) is 2. The predicted octanol–water partition coefficient (Wildman–Crippen LogP) is 1.80. The Morgan fingerprint density at radius 2 is 2.03 bits per heavy atom. The summed E-state index contributed by atoms with van der Waals surface area (Å²) in [5.74, 6) is -0.661. The van der Waals surface area contributed by atoms with Crippen LogP contribution in [0.4, 0.5) is 4.39 Å². The molecule has 206 valence electrons. The van der Waals surface area contributed by atoms with Crippen molar-refractivity contribution in [2.45, 2.75) is 50.7 Å². The smallest absolute Gasteiger partial charge is 0.287 e. The van der Waals surface area contributed by atoms with Crippen LogP contribution in [-0.4, -0.2) is 104 Å². The highest BCUT2D eigenvalue weighted by Crippen LogP contribution is 2.31. The van der Waals surface area contributed by atoms with Crippen LogP contribution >= 0.6 is 0 Å². The third kappa shape index (κ3) is 5.55. The first-order chi connectivity index (χ1) is 18.2. The van der Waals surface area contributed by atoms with Gasteiger partial charge in [-0.1, -0.05) is 13.8 Å². The Morgan fingerprint density at radius 1 is 1.21 bits per heavy atom. The molecule has 0 radical (unpaired) electrons. The van der Waals surface area contributed by atoms with Gasteiger partial charge in [0.05, 0.1) is 13.2 Å². The van der Waals surface area contributed by atoms with E-state index in [1.54, 1.807) is 24.3 Å². The zero-order chi connectivity index (χ0) is 27.0. The van der Waals surface area contributed by atoms with Crippen molar-refractivity contribution in [3.8, 4) is 5.75 Å². The second-order valence-corrected chi connectivity index (χ2v) is 10.7. The van der Waals surface area contributed by atoms with E-state index >= 15 is 0 Å². The van der Waals surface area contributed by atoms with Crippen molar-refractivity contribution in [1.82, 2.24) is 15.1 Å². The molecule has 5 atom stereocenters. The lowest BCUT2D eigenvalue weighted by molar-refractivity contribution is -0.138. The van der Waals surface area contributed by atoms with Crippen LogP contribution in [0.25, 0.3) is 11.0 Å². The van der Waals surface area contributed by atoms with E-state index in [-0.39, 0.29) is 36.7 Å². The van der Waals surface area contributed by atoms with Gasteiger partial charge in [-0.15, -0.1) is 0 Å². The topological polar surface area (TPSA) is 111 Å². The summed E-state index contributed by atoms with van der Waals surface area (Å²) in [6.45, 7) is 6.15. The zero-order valence-corrected chi connectivity index (χ0v) is 21.9. The number of morpholine rings is 1. The summed E-state index contributed by atoms with van der Waals surface area (Å²) in [5, 5.41) is 3.43. The Morgan fingerprint density at radius 3 is 2.79 bits per heavy atom. The van der Waals surface area contributed by atoms with E-state index in [4.69, 9.17) is 18.6 Å². The number of hydrogen-bond donors (Lipinski definition) is 1. The molecule has 1 N–H and O–H groups in total. The molecule has 11 heteroatoms. The van der Waals surface area contributed by atoms with Crippen LogP contribution in [0.2, 0.25) is 0 Å². The van der Waals surface area contributed by atoms with Gasteiger partial charge in [0.25, 0.3) is 5.91 Å². The second-order valence-electron chi connectivity index (χ2n) is 10.7. The summed E-state index contributed by atoms with van der Waals surface area (Å²) in [6.07, 6.45) is -2.08. The van der Waals surface area contributed by atoms with Gasteiger partial charge >= 0.3 is 0 Å². The van der Waals surface area contributed by atoms with Crippen molar-refractivity contribution in [2.24, 2.45) is 5.92 Å². The largest absolute Gasteiger partial charge is 0.491 e. The number of alkyl halides is 1. The maximum atomic E-state index is 14.5. The molecule has 10 nitrogen and oxygen atoms in total. The summed E-state index contributed by atoms with van der Waals surface area (Å²) >= 11 is 0. The number of ether oxygens (including phenoxy) is 3. The fourth-order valence-electron chi connectivity index (χ4n) is 5.33. The van der Waals surface area contributed by atoms with Crippen molar-refractivity contribution in [1.29, 1.82) is 0 Å². The van der Waals surface area contributed by atoms with Crippen molar-refractivity contribution in [3.05, 3.63) is 30.0 Å². The average molecular weight is 532 g/mol. The lowest BCUT2D eigenvalue weighted by Gasteiger charge is -2.29. The lowest BCUT2D eigenvalue weighted by atomic mass is 10.0. The Balaban J connectivity index is 1.26. The number of halogens is 1. The molecule has 38 heavy (non-hydrogen) atoms. The number of likely N-dealkylation sites (tertiary alicyclic amines) is 1. The van der Waals surface area contributed by atoms with E-state index < -0.39 is 36.2 Å².